The van der Waals surface area contributed by atoms with Crippen LogP contribution in [0, 0.1) is 5.92 Å². The van der Waals surface area contributed by atoms with E-state index >= 15 is 0 Å². The molecule has 0 saturated heterocycles. The number of rotatable bonds is 5. The summed E-state index contributed by atoms with van der Waals surface area (Å²) in [4.78, 5) is 16.1. The van der Waals surface area contributed by atoms with Gasteiger partial charge in [0, 0.05) is 0 Å². The second kappa shape index (κ2) is 5.45. The minimum atomic E-state index is -0.0805. The van der Waals surface area contributed by atoms with E-state index in [2.05, 4.69) is 15.6 Å². The van der Waals surface area contributed by atoms with Gasteiger partial charge in [-0.1, -0.05) is 11.6 Å². The Morgan fingerprint density at radius 3 is 3.11 bits per heavy atom. The van der Waals surface area contributed by atoms with Crippen LogP contribution in [0.3, 0.4) is 0 Å². The van der Waals surface area contributed by atoms with E-state index in [1.807, 2.05) is 6.07 Å². The fourth-order valence-electron chi connectivity index (χ4n) is 1.92. The van der Waals surface area contributed by atoms with Crippen molar-refractivity contribution in [1.82, 2.24) is 10.3 Å². The zero-order valence-electron chi connectivity index (χ0n) is 10.3. The van der Waals surface area contributed by atoms with Gasteiger partial charge in [0.05, 0.1) is 27.5 Å². The van der Waals surface area contributed by atoms with Gasteiger partial charge in [0.2, 0.25) is 5.91 Å². The third-order valence-corrected chi connectivity index (χ3v) is 4.24. The molecule has 0 atom stereocenters. The zero-order chi connectivity index (χ0) is 13.2. The number of fused-ring (bicyclic) bond motifs is 1. The lowest BCUT2D eigenvalue weighted by atomic mass is 10.3. The number of thiazole rings is 1. The molecule has 0 aliphatic heterocycles. The first kappa shape index (κ1) is 12.8. The SMILES string of the molecule is O=C(CNCC1CC1)Nc1c(Cl)ccc2scnc12. The average Bonchev–Trinajstić information content (AvgIpc) is 3.08. The number of anilines is 1. The van der Waals surface area contributed by atoms with Crippen molar-refractivity contribution in [3.8, 4) is 0 Å². The van der Waals surface area contributed by atoms with Crippen LogP contribution in [-0.4, -0.2) is 24.0 Å². The number of carbonyl (C=O) groups excluding carboxylic acids is 1. The molecule has 1 saturated carbocycles. The Morgan fingerprint density at radius 2 is 2.32 bits per heavy atom. The summed E-state index contributed by atoms with van der Waals surface area (Å²) in [6.07, 6.45) is 2.55. The number of amides is 1. The molecule has 19 heavy (non-hydrogen) atoms. The van der Waals surface area contributed by atoms with Gasteiger partial charge in [-0.25, -0.2) is 4.98 Å². The number of hydrogen-bond acceptors (Lipinski definition) is 4. The molecule has 1 aromatic carbocycles. The van der Waals surface area contributed by atoms with Crippen molar-refractivity contribution in [1.29, 1.82) is 0 Å². The zero-order valence-corrected chi connectivity index (χ0v) is 11.9. The minimum Gasteiger partial charge on any atom is -0.322 e. The van der Waals surface area contributed by atoms with Gasteiger partial charge in [0.25, 0.3) is 0 Å². The molecule has 1 aliphatic rings. The Hall–Kier alpha value is -1.17. The number of nitrogens with zero attached hydrogens (tertiary/aromatic N) is 1. The highest BCUT2D eigenvalue weighted by Gasteiger charge is 2.20. The Morgan fingerprint density at radius 1 is 1.47 bits per heavy atom. The van der Waals surface area contributed by atoms with Crippen molar-refractivity contribution in [2.24, 2.45) is 5.92 Å². The summed E-state index contributed by atoms with van der Waals surface area (Å²) < 4.78 is 1.02. The van der Waals surface area contributed by atoms with Crippen LogP contribution in [-0.2, 0) is 4.79 Å². The molecule has 100 valence electrons. The van der Waals surface area contributed by atoms with E-state index < -0.39 is 0 Å². The Bertz CT molecular complexity index is 609. The van der Waals surface area contributed by atoms with E-state index in [9.17, 15) is 4.79 Å². The molecule has 0 radical (unpaired) electrons. The van der Waals surface area contributed by atoms with Crippen LogP contribution in [0.5, 0.6) is 0 Å². The van der Waals surface area contributed by atoms with E-state index in [1.54, 1.807) is 11.6 Å². The molecule has 2 aromatic rings. The topological polar surface area (TPSA) is 54.0 Å². The standard InChI is InChI=1S/C13H14ClN3OS/c14-9-3-4-10-13(16-7-19-10)12(9)17-11(18)6-15-5-8-1-2-8/h3-4,7-8,15H,1-2,5-6H2,(H,17,18). The number of carbonyl (C=O) groups is 1. The predicted octanol–water partition coefficient (Wildman–Crippen LogP) is 2.89. The van der Waals surface area contributed by atoms with Gasteiger partial charge in [-0.3, -0.25) is 4.79 Å². The summed E-state index contributed by atoms with van der Waals surface area (Å²) in [6, 6.07) is 3.70. The molecule has 1 aliphatic carbocycles. The highest BCUT2D eigenvalue weighted by Crippen LogP contribution is 2.32. The monoisotopic (exact) mass is 295 g/mol. The molecule has 3 rings (SSSR count). The Labute approximate surface area is 120 Å². The highest BCUT2D eigenvalue weighted by molar-refractivity contribution is 7.16. The Kier molecular flexibility index (Phi) is 3.68. The van der Waals surface area contributed by atoms with Gasteiger partial charge in [0.15, 0.2) is 0 Å². The molecule has 1 fully saturated rings. The van der Waals surface area contributed by atoms with Crippen molar-refractivity contribution in [2.45, 2.75) is 12.8 Å². The third-order valence-electron chi connectivity index (χ3n) is 3.13. The average molecular weight is 296 g/mol. The fourth-order valence-corrected chi connectivity index (χ4v) is 2.81. The summed E-state index contributed by atoms with van der Waals surface area (Å²) in [6.45, 7) is 1.23. The second-order valence-electron chi connectivity index (χ2n) is 4.74. The maximum absolute atomic E-state index is 11.9. The molecule has 0 unspecified atom stereocenters. The first-order valence-corrected chi connectivity index (χ1v) is 7.52. The lowest BCUT2D eigenvalue weighted by Crippen LogP contribution is -2.29. The Balaban J connectivity index is 1.67. The molecular formula is C13H14ClN3OS. The van der Waals surface area contributed by atoms with Gasteiger partial charge in [-0.2, -0.15) is 0 Å². The smallest absolute Gasteiger partial charge is 0.238 e. The largest absolute Gasteiger partial charge is 0.322 e. The van der Waals surface area contributed by atoms with Crippen LogP contribution in [0.25, 0.3) is 10.2 Å². The summed E-state index contributed by atoms with van der Waals surface area (Å²) in [5, 5.41) is 6.52. The number of benzene rings is 1. The lowest BCUT2D eigenvalue weighted by molar-refractivity contribution is -0.115. The molecule has 4 nitrogen and oxygen atoms in total. The van der Waals surface area contributed by atoms with Gasteiger partial charge in [-0.15, -0.1) is 11.3 Å². The normalized spacial score (nSPS) is 14.8. The van der Waals surface area contributed by atoms with E-state index in [1.165, 1.54) is 24.2 Å². The molecule has 1 aromatic heterocycles. The first-order valence-electron chi connectivity index (χ1n) is 6.26. The summed E-state index contributed by atoms with van der Waals surface area (Å²) in [7, 11) is 0. The third kappa shape index (κ3) is 3.05. The molecule has 1 amide bonds. The van der Waals surface area contributed by atoms with E-state index in [0.29, 0.717) is 17.3 Å². The predicted molar refractivity (Wildman–Crippen MR) is 78.9 cm³/mol. The molecule has 0 bridgehead atoms. The van der Waals surface area contributed by atoms with Crippen molar-refractivity contribution in [3.05, 3.63) is 22.7 Å². The molecule has 6 heteroatoms. The number of aromatic nitrogens is 1. The van der Waals surface area contributed by atoms with Crippen LogP contribution >= 0.6 is 22.9 Å². The lowest BCUT2D eigenvalue weighted by Gasteiger charge is -2.08. The number of halogens is 1. The van der Waals surface area contributed by atoms with Gasteiger partial charge < -0.3 is 10.6 Å². The van der Waals surface area contributed by atoms with Gasteiger partial charge >= 0.3 is 0 Å². The van der Waals surface area contributed by atoms with E-state index in [4.69, 9.17) is 11.6 Å². The van der Waals surface area contributed by atoms with E-state index in [0.717, 1.165) is 22.7 Å². The first-order chi connectivity index (χ1) is 9.24. The quantitative estimate of drug-likeness (QED) is 0.892. The minimum absolute atomic E-state index is 0.0805. The summed E-state index contributed by atoms with van der Waals surface area (Å²) >= 11 is 7.66. The maximum Gasteiger partial charge on any atom is 0.238 e. The van der Waals surface area contributed by atoms with Crippen LogP contribution in [0.15, 0.2) is 17.6 Å². The van der Waals surface area contributed by atoms with Crippen LogP contribution in [0.4, 0.5) is 5.69 Å². The molecule has 0 spiro atoms. The molecule has 2 N–H and O–H groups in total. The highest BCUT2D eigenvalue weighted by atomic mass is 35.5. The van der Waals surface area contributed by atoms with Gasteiger partial charge in [0.1, 0.15) is 5.52 Å². The second-order valence-corrected chi connectivity index (χ2v) is 6.04. The van der Waals surface area contributed by atoms with Crippen LogP contribution in [0.1, 0.15) is 12.8 Å². The van der Waals surface area contributed by atoms with Crippen molar-refractivity contribution in [3.63, 3.8) is 0 Å². The van der Waals surface area contributed by atoms with Crippen molar-refractivity contribution >= 4 is 44.7 Å². The summed E-state index contributed by atoms with van der Waals surface area (Å²) in [5.41, 5.74) is 3.12. The van der Waals surface area contributed by atoms with Crippen LogP contribution in [0.2, 0.25) is 5.02 Å². The molecule has 1 heterocycles. The number of nitrogens with one attached hydrogen (secondary N) is 2. The number of hydrogen-bond donors (Lipinski definition) is 2. The van der Waals surface area contributed by atoms with Crippen molar-refractivity contribution < 1.29 is 4.79 Å². The van der Waals surface area contributed by atoms with Crippen molar-refractivity contribution in [2.75, 3.05) is 18.4 Å². The molecular weight excluding hydrogens is 282 g/mol. The maximum atomic E-state index is 11.9. The van der Waals surface area contributed by atoms with E-state index in [-0.39, 0.29) is 5.91 Å². The van der Waals surface area contributed by atoms with Crippen LogP contribution < -0.4 is 10.6 Å². The van der Waals surface area contributed by atoms with Gasteiger partial charge in [-0.05, 0) is 37.4 Å². The summed E-state index contributed by atoms with van der Waals surface area (Å²) in [5.74, 6) is 0.682. The fraction of sp³-hybridized carbons (Fsp3) is 0.385.